The Morgan fingerprint density at radius 3 is 2.26 bits per heavy atom. The van der Waals surface area contributed by atoms with Crippen LogP contribution in [0.5, 0.6) is 0 Å². The number of carboxylic acid groups (broad SMARTS) is 1. The fourth-order valence-electron chi connectivity index (χ4n) is 3.79. The Kier molecular flexibility index (Phi) is 10.8. The van der Waals surface area contributed by atoms with Crippen LogP contribution in [0.3, 0.4) is 0 Å². The number of nitrogens with zero attached hydrogens (tertiary/aromatic N) is 1. The summed E-state index contributed by atoms with van der Waals surface area (Å²) >= 11 is -1.81. The molecule has 0 saturated carbocycles. The van der Waals surface area contributed by atoms with Gasteiger partial charge in [-0.25, -0.2) is 9.59 Å². The number of nitrogens with one attached hydrogen (secondary N) is 2. The van der Waals surface area contributed by atoms with Crippen LogP contribution in [0.4, 0.5) is 16.2 Å². The monoisotopic (exact) mass is 593 g/mol. The Morgan fingerprint density at radius 1 is 0.929 bits per heavy atom. The number of anilines is 2. The molecule has 3 aromatic rings. The van der Waals surface area contributed by atoms with E-state index in [-0.39, 0.29) is 27.6 Å². The van der Waals surface area contributed by atoms with Gasteiger partial charge in [0.15, 0.2) is 10.7 Å². The van der Waals surface area contributed by atoms with Crippen LogP contribution in [0, 0.1) is 0 Å². The highest BCUT2D eigenvalue weighted by molar-refractivity contribution is 7.92. The second kappa shape index (κ2) is 14.3. The van der Waals surface area contributed by atoms with E-state index in [4.69, 9.17) is 9.84 Å². The molecule has 0 bridgehead atoms. The van der Waals surface area contributed by atoms with E-state index in [1.54, 1.807) is 69.3 Å². The minimum Gasteiger partial charge on any atom is -0.611 e. The summed E-state index contributed by atoms with van der Waals surface area (Å²) in [5.74, 6) is -3.59. The van der Waals surface area contributed by atoms with Crippen LogP contribution in [0.15, 0.2) is 83.8 Å². The summed E-state index contributed by atoms with van der Waals surface area (Å²) in [6.45, 7) is 3.98. The predicted octanol–water partition coefficient (Wildman–Crippen LogP) is 3.61. The quantitative estimate of drug-likeness (QED) is 0.172. The first-order valence-corrected chi connectivity index (χ1v) is 14.1. The van der Waals surface area contributed by atoms with E-state index in [0.717, 1.165) is 4.90 Å². The number of hydrogen-bond acceptors (Lipinski definition) is 7. The molecule has 3 rings (SSSR count). The molecule has 0 heterocycles. The van der Waals surface area contributed by atoms with Crippen molar-refractivity contribution in [1.29, 1.82) is 0 Å². The molecule has 12 heteroatoms. The number of ketones is 1. The Bertz CT molecular complexity index is 1460. The zero-order valence-electron chi connectivity index (χ0n) is 23.3. The topological polar surface area (TPSA) is 165 Å². The number of aliphatic carboxylic acids is 1. The molecule has 220 valence electrons. The molecule has 42 heavy (non-hydrogen) atoms. The smallest absolute Gasteiger partial charge is 0.354 e. The number of hydrogen-bond donors (Lipinski definition) is 3. The molecule has 1 atom stereocenters. The number of ether oxygens (including phenoxy) is 1. The van der Waals surface area contributed by atoms with E-state index in [0.29, 0.717) is 5.56 Å². The molecule has 0 spiro atoms. The molecule has 3 aromatic carbocycles. The highest BCUT2D eigenvalue weighted by Gasteiger charge is 2.27. The second-order valence-electron chi connectivity index (χ2n) is 10.00. The summed E-state index contributed by atoms with van der Waals surface area (Å²) in [6.07, 6.45) is 0. The summed E-state index contributed by atoms with van der Waals surface area (Å²) in [6, 6.07) is 19.8. The minimum atomic E-state index is -1.81. The van der Waals surface area contributed by atoms with Gasteiger partial charge < -0.3 is 25.0 Å². The normalized spacial score (nSPS) is 11.6. The first kappa shape index (κ1) is 31.8. The molecule has 0 aromatic heterocycles. The fourth-order valence-corrected chi connectivity index (χ4v) is 4.67. The lowest BCUT2D eigenvalue weighted by Gasteiger charge is -2.27. The molecular formula is C30H31N3O8S. The SMILES string of the molecule is CC(C)(C)OC(=O)CN(C(=O)CNC(=O)Nc1cccc([S+]([O-])CC(=O)O)c1)c1ccccc1C(=O)c1ccccc1. The molecule has 0 radical (unpaired) electrons. The van der Waals surface area contributed by atoms with Gasteiger partial charge >= 0.3 is 18.0 Å². The van der Waals surface area contributed by atoms with Crippen molar-refractivity contribution in [2.24, 2.45) is 0 Å². The molecule has 3 amide bonds. The van der Waals surface area contributed by atoms with E-state index in [2.05, 4.69) is 10.6 Å². The van der Waals surface area contributed by atoms with Crippen LogP contribution in [-0.4, -0.2) is 63.8 Å². The van der Waals surface area contributed by atoms with E-state index in [1.807, 2.05) is 0 Å². The van der Waals surface area contributed by atoms with Crippen LogP contribution in [0.25, 0.3) is 0 Å². The fraction of sp³-hybridized carbons (Fsp3) is 0.233. The van der Waals surface area contributed by atoms with Crippen LogP contribution in [0.1, 0.15) is 36.7 Å². The average molecular weight is 594 g/mol. The zero-order chi connectivity index (χ0) is 30.9. The van der Waals surface area contributed by atoms with Gasteiger partial charge in [0.25, 0.3) is 0 Å². The molecule has 0 aliphatic heterocycles. The third-order valence-electron chi connectivity index (χ3n) is 5.49. The number of para-hydroxylation sites is 1. The van der Waals surface area contributed by atoms with Crippen molar-refractivity contribution < 1.29 is 38.4 Å². The van der Waals surface area contributed by atoms with Crippen molar-refractivity contribution >= 4 is 52.2 Å². The average Bonchev–Trinajstić information content (AvgIpc) is 2.93. The number of amides is 3. The number of carbonyl (C=O) groups excluding carboxylic acids is 4. The number of esters is 1. The second-order valence-corrected chi connectivity index (χ2v) is 11.4. The van der Waals surface area contributed by atoms with Crippen LogP contribution < -0.4 is 15.5 Å². The Hall–Kier alpha value is -4.68. The van der Waals surface area contributed by atoms with Crippen LogP contribution in [-0.2, 0) is 30.3 Å². The van der Waals surface area contributed by atoms with E-state index < -0.39 is 59.5 Å². The van der Waals surface area contributed by atoms with Gasteiger partial charge in [0.1, 0.15) is 12.1 Å². The Morgan fingerprint density at radius 2 is 1.60 bits per heavy atom. The van der Waals surface area contributed by atoms with E-state index in [1.165, 1.54) is 30.3 Å². The molecule has 11 nitrogen and oxygen atoms in total. The van der Waals surface area contributed by atoms with Gasteiger partial charge in [-0.05, 0) is 56.2 Å². The predicted molar refractivity (Wildman–Crippen MR) is 157 cm³/mol. The van der Waals surface area contributed by atoms with E-state index >= 15 is 0 Å². The summed E-state index contributed by atoms with van der Waals surface area (Å²) in [5, 5.41) is 13.8. The van der Waals surface area contributed by atoms with Gasteiger partial charge in [-0.2, -0.15) is 0 Å². The van der Waals surface area contributed by atoms with Crippen molar-refractivity contribution in [2.75, 3.05) is 29.1 Å². The standard InChI is InChI=1S/C30H31N3O8S/c1-30(2,3)41-27(37)18-33(24-15-8-7-14-23(24)28(38)20-10-5-4-6-11-20)25(34)17-31-29(39)32-21-12-9-13-22(16-21)42(40)19-26(35)36/h4-16H,17-19H2,1-3H3,(H,35,36)(H2,31,32,39). The first-order valence-electron chi connectivity index (χ1n) is 12.8. The van der Waals surface area contributed by atoms with Crippen molar-refractivity contribution in [2.45, 2.75) is 31.3 Å². The van der Waals surface area contributed by atoms with Crippen molar-refractivity contribution in [3.63, 3.8) is 0 Å². The Labute approximate surface area is 246 Å². The van der Waals surface area contributed by atoms with Gasteiger partial charge in [0.2, 0.25) is 11.7 Å². The summed E-state index contributed by atoms with van der Waals surface area (Å²) < 4.78 is 17.6. The molecule has 3 N–H and O–H groups in total. The van der Waals surface area contributed by atoms with E-state index in [9.17, 15) is 28.5 Å². The Balaban J connectivity index is 1.80. The number of urea groups is 1. The third kappa shape index (κ3) is 9.46. The highest BCUT2D eigenvalue weighted by Crippen LogP contribution is 2.24. The van der Waals surface area contributed by atoms with Crippen molar-refractivity contribution in [3.8, 4) is 0 Å². The maximum atomic E-state index is 13.4. The molecular weight excluding hydrogens is 562 g/mol. The minimum absolute atomic E-state index is 0.165. The summed E-state index contributed by atoms with van der Waals surface area (Å²) in [7, 11) is 0. The van der Waals surface area contributed by atoms with Crippen LogP contribution >= 0.6 is 0 Å². The largest absolute Gasteiger partial charge is 0.611 e. The lowest BCUT2D eigenvalue weighted by molar-refractivity contribution is -0.153. The zero-order valence-corrected chi connectivity index (χ0v) is 24.1. The maximum absolute atomic E-state index is 13.4. The van der Waals surface area contributed by atoms with Gasteiger partial charge in [-0.15, -0.1) is 0 Å². The molecule has 0 saturated heterocycles. The van der Waals surface area contributed by atoms with Gasteiger partial charge in [-0.1, -0.05) is 48.5 Å². The summed E-state index contributed by atoms with van der Waals surface area (Å²) in [4.78, 5) is 64.3. The summed E-state index contributed by atoms with van der Waals surface area (Å²) in [5.41, 5.74) is 0.125. The first-order chi connectivity index (χ1) is 19.8. The van der Waals surface area contributed by atoms with Gasteiger partial charge in [0, 0.05) is 22.9 Å². The van der Waals surface area contributed by atoms with Gasteiger partial charge in [-0.3, -0.25) is 19.3 Å². The lowest BCUT2D eigenvalue weighted by atomic mass is 10.0. The highest BCUT2D eigenvalue weighted by atomic mass is 32.2. The lowest BCUT2D eigenvalue weighted by Crippen LogP contribution is -2.45. The maximum Gasteiger partial charge on any atom is 0.354 e. The third-order valence-corrected chi connectivity index (χ3v) is 6.78. The number of rotatable bonds is 11. The van der Waals surface area contributed by atoms with Crippen molar-refractivity contribution in [1.82, 2.24) is 5.32 Å². The van der Waals surface area contributed by atoms with Crippen LogP contribution in [0.2, 0.25) is 0 Å². The molecule has 0 fully saturated rings. The molecule has 0 aliphatic rings. The molecule has 0 aliphatic carbocycles. The number of carbonyl (C=O) groups is 5. The molecule has 1 unspecified atom stereocenters. The van der Waals surface area contributed by atoms with Gasteiger partial charge in [0.05, 0.1) is 12.2 Å². The number of carboxylic acids is 1. The van der Waals surface area contributed by atoms with Crippen molar-refractivity contribution in [3.05, 3.63) is 90.0 Å². The number of benzene rings is 3.